The molecule has 0 spiro atoms. The van der Waals surface area contributed by atoms with E-state index in [0.717, 1.165) is 161 Å². The summed E-state index contributed by atoms with van der Waals surface area (Å²) in [5.74, 6) is -2.43. The van der Waals surface area contributed by atoms with E-state index in [1.807, 2.05) is 0 Å². The number of Topliss-reactive ketones (excluding diaryl/α,β-unsaturated/α-hetero) is 2. The standard InChI is InChI=1S/C73H136N2O22P2/c1-8-13-18-22-24-26-28-32-37-44-58(77)52-63(79)74-66-70(90-50-48-57(76)43-36-30-20-15-10-3)68(82)61(94-73(66)97-99(86,87)88)55-92-72-67(75-64(80)53-59(78)45-38-33-29-27-25-23-19-14-9-2)71(69(96-98(83,84)85)62(95-72)54-89-7)91-51-49-60(46-39-31-21-16-11-4)93-65(81)47-40-34-35-42-56(6)41-17-12-5/h35,42,56-57,60-62,66-73,76,82H,8-34,36-41,43-55H2,1-7H3,(H,74,79)(H,75,80)(H2,83,84,85)(H2,86,87,88)/b42-35-/t56?,57-,60+,61?,62?,66-,67-,68-,69-,70?,71-,72?,73-/m1/s1. The number of unbranched alkanes of at least 4 members (excludes halogenated alkanes) is 26. The van der Waals surface area contributed by atoms with Gasteiger partial charge in [-0.05, 0) is 63.7 Å². The Balaban J connectivity index is 2.64. The first-order valence-corrected chi connectivity index (χ1v) is 41.5. The normalized spacial score (nSPS) is 22.3. The maximum absolute atomic E-state index is 14.3. The van der Waals surface area contributed by atoms with E-state index in [0.29, 0.717) is 44.4 Å². The van der Waals surface area contributed by atoms with Crippen molar-refractivity contribution >= 4 is 45.0 Å². The number of ether oxygens (including phenoxy) is 7. The lowest BCUT2D eigenvalue weighted by Gasteiger charge is -2.47. The van der Waals surface area contributed by atoms with Gasteiger partial charge in [-0.3, -0.25) is 33.0 Å². The molecule has 0 bridgehead atoms. The Morgan fingerprint density at radius 2 is 0.939 bits per heavy atom. The molecule has 2 fully saturated rings. The third-order valence-corrected chi connectivity index (χ3v) is 19.4. The fraction of sp³-hybridized carbons (Fsp3) is 0.904. The predicted octanol–water partition coefficient (Wildman–Crippen LogP) is 13.9. The summed E-state index contributed by atoms with van der Waals surface area (Å²) in [5.41, 5.74) is 0. The molecule has 2 amide bonds. The van der Waals surface area contributed by atoms with Crippen LogP contribution in [0.4, 0.5) is 0 Å². The van der Waals surface area contributed by atoms with E-state index < -0.39 is 133 Å². The molecule has 0 aromatic carbocycles. The van der Waals surface area contributed by atoms with Gasteiger partial charge in [0.05, 0.1) is 38.8 Å². The number of hydrogen-bond acceptors (Lipinski definition) is 18. The Kier molecular flexibility index (Phi) is 53.0. The van der Waals surface area contributed by atoms with Crippen molar-refractivity contribution in [2.75, 3.05) is 33.5 Å². The monoisotopic (exact) mass is 1450 g/mol. The highest BCUT2D eigenvalue weighted by atomic mass is 31.2. The lowest BCUT2D eigenvalue weighted by molar-refractivity contribution is -0.301. The minimum atomic E-state index is -5.51. The Morgan fingerprint density at radius 1 is 0.485 bits per heavy atom. The largest absolute Gasteiger partial charge is 0.472 e. The van der Waals surface area contributed by atoms with Gasteiger partial charge < -0.3 is 73.6 Å². The molecular formula is C73H136N2O22P2. The number of phosphoric ester groups is 2. The summed E-state index contributed by atoms with van der Waals surface area (Å²) in [6, 6.07) is -3.26. The molecule has 2 rings (SSSR count). The van der Waals surface area contributed by atoms with Crippen molar-refractivity contribution in [3.05, 3.63) is 12.2 Å². The smallest absolute Gasteiger partial charge is 0.462 e. The number of nitrogens with one attached hydrogen (secondary N) is 2. The van der Waals surface area contributed by atoms with Crippen molar-refractivity contribution in [1.82, 2.24) is 10.6 Å². The van der Waals surface area contributed by atoms with E-state index in [1.54, 1.807) is 0 Å². The fourth-order valence-electron chi connectivity index (χ4n) is 12.7. The SMILES string of the molecule is CCCCCCCCCCCC(=O)CC(=O)N[C@@H]1C(OCC[C@H](O)CCCCCCC)[C@H](O)C(COC2OC(COC)[C@@H](OP(=O)(O)O)[C@H](OCC[C@H](CCCCCCC)OC(=O)CCC/C=C\C(C)CCCC)[C@H]2NC(=O)CC(=O)CCCCCCCCCCC)O[C@@H]1OP(=O)(O)O. The first-order valence-electron chi connectivity index (χ1n) is 38.5. The third-order valence-electron chi connectivity index (χ3n) is 18.4. The molecule has 0 aromatic heterocycles. The Labute approximate surface area is 594 Å². The molecule has 2 heterocycles. The molecule has 0 radical (unpaired) electrons. The number of allylic oxidation sites excluding steroid dienone is 2. The van der Waals surface area contributed by atoms with E-state index in [2.05, 4.69) is 64.3 Å². The number of aliphatic hydroxyl groups is 2. The summed E-state index contributed by atoms with van der Waals surface area (Å²) >= 11 is 0. The van der Waals surface area contributed by atoms with E-state index in [1.165, 1.54) is 32.8 Å². The number of ketones is 2. The van der Waals surface area contributed by atoms with Gasteiger partial charge in [-0.15, -0.1) is 0 Å². The number of carbonyl (C=O) groups is 5. The van der Waals surface area contributed by atoms with Crippen LogP contribution in [-0.2, 0) is 75.3 Å². The number of amides is 2. The van der Waals surface area contributed by atoms with Gasteiger partial charge in [0.1, 0.15) is 66.4 Å². The van der Waals surface area contributed by atoms with Crippen molar-refractivity contribution in [2.45, 2.75) is 385 Å². The second-order valence-electron chi connectivity index (χ2n) is 27.7. The molecular weight excluding hydrogens is 1320 g/mol. The van der Waals surface area contributed by atoms with Gasteiger partial charge in [0, 0.05) is 39.4 Å². The lowest BCUT2D eigenvalue weighted by Crippen LogP contribution is -2.67. The predicted molar refractivity (Wildman–Crippen MR) is 381 cm³/mol. The molecule has 99 heavy (non-hydrogen) atoms. The van der Waals surface area contributed by atoms with Crippen LogP contribution in [0.25, 0.3) is 0 Å². The zero-order chi connectivity index (χ0) is 73.1. The van der Waals surface area contributed by atoms with Crippen molar-refractivity contribution in [3.63, 3.8) is 0 Å². The van der Waals surface area contributed by atoms with Crippen LogP contribution < -0.4 is 10.6 Å². The molecule has 0 aliphatic carbocycles. The van der Waals surface area contributed by atoms with Crippen LogP contribution in [0, 0.1) is 5.92 Å². The number of rotatable bonds is 64. The van der Waals surface area contributed by atoms with E-state index in [9.17, 15) is 62.9 Å². The summed E-state index contributed by atoms with van der Waals surface area (Å²) < 4.78 is 79.7. The second kappa shape index (κ2) is 56.7. The van der Waals surface area contributed by atoms with Crippen LogP contribution in [-0.4, -0.2) is 166 Å². The Morgan fingerprint density at radius 3 is 1.44 bits per heavy atom. The van der Waals surface area contributed by atoms with Crippen molar-refractivity contribution in [2.24, 2.45) is 5.92 Å². The molecule has 26 heteroatoms. The molecule has 24 nitrogen and oxygen atoms in total. The summed E-state index contributed by atoms with van der Waals surface area (Å²) in [6.07, 6.45) is 21.5. The molecule has 8 N–H and O–H groups in total. The first-order chi connectivity index (χ1) is 47.5. The van der Waals surface area contributed by atoms with Crippen molar-refractivity contribution in [3.8, 4) is 0 Å². The summed E-state index contributed by atoms with van der Waals surface area (Å²) in [6.45, 7) is 11.2. The van der Waals surface area contributed by atoms with Crippen LogP contribution in [0.2, 0.25) is 0 Å². The highest BCUT2D eigenvalue weighted by Gasteiger charge is 2.53. The minimum Gasteiger partial charge on any atom is -0.462 e. The van der Waals surface area contributed by atoms with Crippen LogP contribution in [0.5, 0.6) is 0 Å². The lowest BCUT2D eigenvalue weighted by atomic mass is 9.95. The number of aliphatic hydroxyl groups excluding tert-OH is 2. The van der Waals surface area contributed by atoms with Crippen LogP contribution in [0.1, 0.15) is 311 Å². The minimum absolute atomic E-state index is 0.0543. The zero-order valence-electron chi connectivity index (χ0n) is 61.8. The summed E-state index contributed by atoms with van der Waals surface area (Å²) in [4.78, 5) is 110. The van der Waals surface area contributed by atoms with Crippen LogP contribution in [0.15, 0.2) is 12.2 Å². The van der Waals surface area contributed by atoms with Gasteiger partial charge in [0.25, 0.3) is 0 Å². The van der Waals surface area contributed by atoms with Gasteiger partial charge >= 0.3 is 21.6 Å². The highest BCUT2D eigenvalue weighted by Crippen LogP contribution is 2.44. The first kappa shape index (κ1) is 92.5. The van der Waals surface area contributed by atoms with Crippen LogP contribution >= 0.6 is 15.6 Å². The molecule has 580 valence electrons. The fourth-order valence-corrected chi connectivity index (χ4v) is 13.7. The Bertz CT molecular complexity index is 2240. The zero-order valence-corrected chi connectivity index (χ0v) is 63.6. The number of carbonyl (C=O) groups excluding carboxylic acids is 5. The Hall–Kier alpha value is -2.61. The number of methoxy groups -OCH3 is 1. The number of hydrogen-bond donors (Lipinski definition) is 8. The van der Waals surface area contributed by atoms with Gasteiger partial charge in [-0.25, -0.2) is 9.13 Å². The maximum atomic E-state index is 14.3. The van der Waals surface area contributed by atoms with Gasteiger partial charge in [0.15, 0.2) is 12.6 Å². The van der Waals surface area contributed by atoms with E-state index in [-0.39, 0.29) is 56.9 Å². The third kappa shape index (κ3) is 45.4. The number of esters is 1. The molecule has 0 aromatic rings. The highest BCUT2D eigenvalue weighted by molar-refractivity contribution is 7.46. The van der Waals surface area contributed by atoms with Crippen molar-refractivity contribution in [1.29, 1.82) is 0 Å². The van der Waals surface area contributed by atoms with Crippen LogP contribution in [0.3, 0.4) is 0 Å². The molecule has 5 unspecified atom stereocenters. The second-order valence-corrected chi connectivity index (χ2v) is 30.0. The molecule has 2 aliphatic rings. The average molecular weight is 1460 g/mol. The maximum Gasteiger partial charge on any atom is 0.472 e. The van der Waals surface area contributed by atoms with E-state index in [4.69, 9.17) is 42.2 Å². The van der Waals surface area contributed by atoms with E-state index >= 15 is 0 Å². The molecule has 13 atom stereocenters. The average Bonchev–Trinajstić information content (AvgIpc) is 0.786. The van der Waals surface area contributed by atoms with Gasteiger partial charge in [0.2, 0.25) is 11.8 Å². The molecule has 2 saturated heterocycles. The summed E-state index contributed by atoms with van der Waals surface area (Å²) in [5, 5.41) is 28.7. The summed E-state index contributed by atoms with van der Waals surface area (Å²) in [7, 11) is -9.65. The quantitative estimate of drug-likeness (QED) is 0.00922. The van der Waals surface area contributed by atoms with Crippen molar-refractivity contribution < 1.29 is 105 Å². The van der Waals surface area contributed by atoms with Gasteiger partial charge in [-0.2, -0.15) is 0 Å². The molecule has 2 aliphatic heterocycles. The molecule has 0 saturated carbocycles. The van der Waals surface area contributed by atoms with Gasteiger partial charge in [-0.1, -0.05) is 227 Å². The number of phosphoric acid groups is 2. The topological polar surface area (TPSA) is 348 Å².